The quantitative estimate of drug-likeness (QED) is 0.478. The van der Waals surface area contributed by atoms with Crippen molar-refractivity contribution >= 4 is 17.7 Å². The maximum atomic E-state index is 13.9. The SMILES string of the molecule is COc1cc2cc(c1OC)CCCNC(=O)CCC[C@H]1[C@@H]3C[C@@H](CN(C(=O)c4ccccc4-n4cncn4)C3)CN1C(=O)CC2. The molecule has 11 nitrogen and oxygen atoms in total. The largest absolute Gasteiger partial charge is 0.493 e. The summed E-state index contributed by atoms with van der Waals surface area (Å²) < 4.78 is 12.9. The number of rotatable bonds is 4. The Kier molecular flexibility index (Phi) is 9.32. The number of fused-ring (bicyclic) bond motifs is 6. The Morgan fingerprint density at radius 3 is 2.64 bits per heavy atom. The van der Waals surface area contributed by atoms with Gasteiger partial charge in [0.05, 0.1) is 25.5 Å². The van der Waals surface area contributed by atoms with Gasteiger partial charge in [0.15, 0.2) is 11.5 Å². The maximum Gasteiger partial charge on any atom is 0.256 e. The Morgan fingerprint density at radius 2 is 1.84 bits per heavy atom. The molecule has 238 valence electrons. The van der Waals surface area contributed by atoms with Crippen LogP contribution < -0.4 is 14.8 Å². The molecule has 3 atom stereocenters. The predicted molar refractivity (Wildman–Crippen MR) is 167 cm³/mol. The van der Waals surface area contributed by atoms with Crippen molar-refractivity contribution < 1.29 is 23.9 Å². The van der Waals surface area contributed by atoms with Gasteiger partial charge in [-0.15, -0.1) is 0 Å². The van der Waals surface area contributed by atoms with Gasteiger partial charge >= 0.3 is 0 Å². The maximum absolute atomic E-state index is 13.9. The monoisotopic (exact) mass is 614 g/mol. The van der Waals surface area contributed by atoms with E-state index in [1.165, 1.54) is 6.33 Å². The van der Waals surface area contributed by atoms with E-state index in [2.05, 4.69) is 26.4 Å². The van der Waals surface area contributed by atoms with Gasteiger partial charge in [0.1, 0.15) is 12.7 Å². The number of ether oxygens (including phenoxy) is 2. The molecule has 2 fully saturated rings. The van der Waals surface area contributed by atoms with Gasteiger partial charge in [-0.05, 0) is 79.7 Å². The topological polar surface area (TPSA) is 119 Å². The van der Waals surface area contributed by atoms with Crippen LogP contribution in [0.15, 0.2) is 49.1 Å². The molecule has 3 aromatic rings. The van der Waals surface area contributed by atoms with Crippen molar-refractivity contribution in [2.45, 2.75) is 57.4 Å². The van der Waals surface area contributed by atoms with Crippen molar-refractivity contribution in [1.82, 2.24) is 29.9 Å². The van der Waals surface area contributed by atoms with Crippen LogP contribution in [0.2, 0.25) is 0 Å². The van der Waals surface area contributed by atoms with Gasteiger partial charge < -0.3 is 24.6 Å². The number of aryl methyl sites for hydroxylation is 2. The molecule has 45 heavy (non-hydrogen) atoms. The first-order valence-electron chi connectivity index (χ1n) is 16.0. The molecule has 0 spiro atoms. The molecule has 0 unspecified atom stereocenters. The molecule has 1 aromatic heterocycles. The number of hydrogen-bond acceptors (Lipinski definition) is 7. The Balaban J connectivity index is 1.23. The fraction of sp³-hybridized carbons (Fsp3) is 0.500. The Hall–Kier alpha value is -4.41. The second-order valence-electron chi connectivity index (χ2n) is 12.4. The van der Waals surface area contributed by atoms with E-state index in [1.54, 1.807) is 25.2 Å². The summed E-state index contributed by atoms with van der Waals surface area (Å²) in [6.07, 6.45) is 8.35. The van der Waals surface area contributed by atoms with Crippen LogP contribution in [0.3, 0.4) is 0 Å². The van der Waals surface area contributed by atoms with Crippen molar-refractivity contribution in [3.8, 4) is 17.2 Å². The molecular weight excluding hydrogens is 572 g/mol. The molecular formula is C34H42N6O5. The lowest BCUT2D eigenvalue weighted by Gasteiger charge is -2.51. The molecule has 0 saturated carbocycles. The third kappa shape index (κ3) is 6.67. The Morgan fingerprint density at radius 1 is 0.978 bits per heavy atom. The fourth-order valence-corrected chi connectivity index (χ4v) is 7.43. The van der Waals surface area contributed by atoms with Gasteiger partial charge in [-0.3, -0.25) is 14.4 Å². The van der Waals surface area contributed by atoms with Gasteiger partial charge in [-0.25, -0.2) is 9.67 Å². The number of nitrogens with one attached hydrogen (secondary N) is 1. The summed E-state index contributed by atoms with van der Waals surface area (Å²) in [5, 5.41) is 7.31. The molecule has 3 amide bonds. The minimum Gasteiger partial charge on any atom is -0.493 e. The van der Waals surface area contributed by atoms with E-state index >= 15 is 0 Å². The summed E-state index contributed by atoms with van der Waals surface area (Å²) in [5.74, 6) is 1.80. The number of aromatic nitrogens is 3. The molecule has 0 aliphatic carbocycles. The van der Waals surface area contributed by atoms with Gasteiger partial charge in [0.25, 0.3) is 5.91 Å². The van der Waals surface area contributed by atoms with Gasteiger partial charge in [-0.2, -0.15) is 5.10 Å². The third-order valence-electron chi connectivity index (χ3n) is 9.47. The molecule has 4 heterocycles. The number of likely N-dealkylation sites (tertiary alicyclic amines) is 1. The van der Waals surface area contributed by atoms with Gasteiger partial charge in [-0.1, -0.05) is 18.2 Å². The number of para-hydroxylation sites is 1. The van der Waals surface area contributed by atoms with E-state index in [1.807, 2.05) is 35.2 Å². The van der Waals surface area contributed by atoms with Gasteiger partial charge in [0, 0.05) is 45.1 Å². The van der Waals surface area contributed by atoms with E-state index < -0.39 is 0 Å². The molecule has 11 heteroatoms. The second kappa shape index (κ2) is 13.7. The van der Waals surface area contributed by atoms with Crippen molar-refractivity contribution in [2.75, 3.05) is 40.4 Å². The van der Waals surface area contributed by atoms with E-state index in [-0.39, 0.29) is 35.6 Å². The lowest BCUT2D eigenvalue weighted by molar-refractivity contribution is -0.140. The van der Waals surface area contributed by atoms with Crippen molar-refractivity contribution in [1.29, 1.82) is 0 Å². The number of carbonyl (C=O) groups is 3. The van der Waals surface area contributed by atoms with Crippen LogP contribution in [0.5, 0.6) is 11.5 Å². The molecule has 3 aliphatic heterocycles. The van der Waals surface area contributed by atoms with Crippen LogP contribution in [0, 0.1) is 11.8 Å². The molecule has 0 radical (unpaired) electrons. The average molecular weight is 615 g/mol. The summed E-state index contributed by atoms with van der Waals surface area (Å²) in [6, 6.07) is 11.5. The fourth-order valence-electron chi connectivity index (χ4n) is 7.43. The standard InChI is InChI=1S/C34H42N6O5/c1-44-30-17-23-12-13-32(42)39-19-24-16-26(28(39)10-5-11-31(41)36-14-6-7-25(15-23)33(30)45-2)20-38(18-24)34(43)27-8-3-4-9-29(27)40-22-35-21-37-40/h3-4,8-9,15,17,21-22,24,26,28H,5-7,10-14,16,18-20H2,1-2H3,(H,36,41)/t24-,26+,28-/m0/s1. The van der Waals surface area contributed by atoms with Crippen LogP contribution in [0.4, 0.5) is 0 Å². The molecule has 6 rings (SSSR count). The normalized spacial score (nSPS) is 22.8. The molecule has 1 N–H and O–H groups in total. The van der Waals surface area contributed by atoms with Crippen molar-refractivity contribution in [3.63, 3.8) is 0 Å². The van der Waals surface area contributed by atoms with Crippen LogP contribution in [-0.4, -0.2) is 88.7 Å². The summed E-state index contributed by atoms with van der Waals surface area (Å²) >= 11 is 0. The first-order chi connectivity index (χ1) is 21.9. The molecule has 4 bridgehead atoms. The predicted octanol–water partition coefficient (Wildman–Crippen LogP) is 3.44. The zero-order chi connectivity index (χ0) is 31.3. The van der Waals surface area contributed by atoms with Crippen molar-refractivity contribution in [2.24, 2.45) is 11.8 Å². The zero-order valence-electron chi connectivity index (χ0n) is 26.1. The number of amides is 3. The summed E-state index contributed by atoms with van der Waals surface area (Å²) in [4.78, 5) is 48.7. The highest BCUT2D eigenvalue weighted by molar-refractivity contribution is 5.97. The molecule has 3 aliphatic rings. The number of hydrogen-bond donors (Lipinski definition) is 1. The van der Waals surface area contributed by atoms with Crippen LogP contribution >= 0.6 is 0 Å². The minimum absolute atomic E-state index is 0.0251. The smallest absolute Gasteiger partial charge is 0.256 e. The first-order valence-corrected chi connectivity index (χ1v) is 16.0. The molecule has 2 aromatic carbocycles. The second-order valence-corrected chi connectivity index (χ2v) is 12.4. The van der Waals surface area contributed by atoms with Crippen LogP contribution in [0.1, 0.15) is 60.0 Å². The third-order valence-corrected chi connectivity index (χ3v) is 9.47. The van der Waals surface area contributed by atoms with E-state index in [4.69, 9.17) is 9.47 Å². The van der Waals surface area contributed by atoms with E-state index in [0.29, 0.717) is 74.6 Å². The highest BCUT2D eigenvalue weighted by Crippen LogP contribution is 2.38. The Bertz CT molecular complexity index is 1530. The minimum atomic E-state index is -0.0348. The number of nitrogens with zero attached hydrogens (tertiary/aromatic N) is 5. The van der Waals surface area contributed by atoms with E-state index in [0.717, 1.165) is 36.8 Å². The van der Waals surface area contributed by atoms with E-state index in [9.17, 15) is 14.4 Å². The highest BCUT2D eigenvalue weighted by atomic mass is 16.5. The summed E-state index contributed by atoms with van der Waals surface area (Å²) in [7, 11) is 3.26. The number of methoxy groups -OCH3 is 2. The lowest BCUT2D eigenvalue weighted by Crippen LogP contribution is -2.60. The zero-order valence-corrected chi connectivity index (χ0v) is 26.1. The number of piperidine rings is 2. The Labute approximate surface area is 263 Å². The van der Waals surface area contributed by atoms with Gasteiger partial charge in [0.2, 0.25) is 11.8 Å². The van der Waals surface area contributed by atoms with Crippen molar-refractivity contribution in [3.05, 3.63) is 65.7 Å². The first kappa shape index (κ1) is 30.6. The number of benzene rings is 2. The number of carbonyl (C=O) groups excluding carboxylic acids is 3. The summed E-state index contributed by atoms with van der Waals surface area (Å²) in [5.41, 5.74) is 3.33. The molecule has 2 saturated heterocycles. The summed E-state index contributed by atoms with van der Waals surface area (Å²) in [6.45, 7) is 2.36. The van der Waals surface area contributed by atoms with Crippen LogP contribution in [-0.2, 0) is 22.4 Å². The average Bonchev–Trinajstić information content (AvgIpc) is 3.60. The van der Waals surface area contributed by atoms with Crippen LogP contribution in [0.25, 0.3) is 5.69 Å². The lowest BCUT2D eigenvalue weighted by atomic mass is 9.77. The highest BCUT2D eigenvalue weighted by Gasteiger charge is 2.43.